The molecular formula is C11H16N2O2. The highest BCUT2D eigenvalue weighted by Crippen LogP contribution is 2.27. The lowest BCUT2D eigenvalue weighted by molar-refractivity contribution is 0.0835. The van der Waals surface area contributed by atoms with Gasteiger partial charge in [-0.1, -0.05) is 0 Å². The molecule has 1 aliphatic heterocycles. The predicted octanol–water partition coefficient (Wildman–Crippen LogP) is 1.61. The first kappa shape index (κ1) is 10.4. The first-order chi connectivity index (χ1) is 7.35. The summed E-state index contributed by atoms with van der Waals surface area (Å²) in [5.74, 6) is 0.500. The zero-order valence-electron chi connectivity index (χ0n) is 8.98. The van der Waals surface area contributed by atoms with Crippen molar-refractivity contribution in [2.24, 2.45) is 0 Å². The van der Waals surface area contributed by atoms with Gasteiger partial charge in [-0.2, -0.15) is 5.10 Å². The van der Waals surface area contributed by atoms with Crippen LogP contribution in [0.5, 0.6) is 0 Å². The van der Waals surface area contributed by atoms with Crippen LogP contribution in [0.1, 0.15) is 41.9 Å². The maximum atomic E-state index is 10.7. The quantitative estimate of drug-likeness (QED) is 0.709. The molecule has 0 saturated carbocycles. The molecule has 1 fully saturated rings. The van der Waals surface area contributed by atoms with Crippen LogP contribution in [-0.4, -0.2) is 29.3 Å². The highest BCUT2D eigenvalue weighted by Gasteiger charge is 2.20. The van der Waals surface area contributed by atoms with Crippen molar-refractivity contribution in [3.63, 3.8) is 0 Å². The van der Waals surface area contributed by atoms with E-state index in [0.29, 0.717) is 11.6 Å². The smallest absolute Gasteiger partial charge is 0.170 e. The lowest BCUT2D eigenvalue weighted by Crippen LogP contribution is -2.17. The van der Waals surface area contributed by atoms with E-state index >= 15 is 0 Å². The fraction of sp³-hybridized carbons (Fsp3) is 0.636. The van der Waals surface area contributed by atoms with Crippen molar-refractivity contribution in [2.45, 2.75) is 32.2 Å². The van der Waals surface area contributed by atoms with Crippen molar-refractivity contribution in [1.29, 1.82) is 0 Å². The minimum absolute atomic E-state index is 0.500. The van der Waals surface area contributed by atoms with Gasteiger partial charge in [0.15, 0.2) is 6.29 Å². The Balaban J connectivity index is 2.24. The highest BCUT2D eigenvalue weighted by atomic mass is 16.5. The Hall–Kier alpha value is -1.16. The Kier molecular flexibility index (Phi) is 3.16. The van der Waals surface area contributed by atoms with Crippen molar-refractivity contribution in [2.75, 3.05) is 13.2 Å². The fourth-order valence-electron chi connectivity index (χ4n) is 2.08. The molecule has 82 valence electrons. The summed E-state index contributed by atoms with van der Waals surface area (Å²) in [7, 11) is 0. The van der Waals surface area contributed by atoms with E-state index in [1.165, 1.54) is 5.69 Å². The molecule has 2 heterocycles. The molecule has 0 spiro atoms. The molecule has 1 aromatic heterocycles. The fourth-order valence-corrected chi connectivity index (χ4v) is 2.08. The van der Waals surface area contributed by atoms with Gasteiger partial charge in [0.1, 0.15) is 5.69 Å². The molecule has 0 atom stereocenters. The van der Waals surface area contributed by atoms with E-state index in [0.717, 1.165) is 38.9 Å². The third-order valence-electron chi connectivity index (χ3n) is 2.89. The number of hydrogen-bond acceptors (Lipinski definition) is 3. The number of ether oxygens (including phenoxy) is 1. The number of aldehydes is 1. The molecule has 0 N–H and O–H groups in total. The zero-order valence-corrected chi connectivity index (χ0v) is 8.98. The second-order valence-electron chi connectivity index (χ2n) is 3.81. The van der Waals surface area contributed by atoms with Crippen molar-refractivity contribution in [3.05, 3.63) is 17.5 Å². The van der Waals surface area contributed by atoms with Gasteiger partial charge >= 0.3 is 0 Å². The van der Waals surface area contributed by atoms with Crippen LogP contribution in [0.4, 0.5) is 0 Å². The van der Waals surface area contributed by atoms with Crippen LogP contribution >= 0.6 is 0 Å². The summed E-state index contributed by atoms with van der Waals surface area (Å²) in [4.78, 5) is 10.7. The summed E-state index contributed by atoms with van der Waals surface area (Å²) in [6, 6.07) is 1.91. The Bertz CT molecular complexity index is 340. The molecule has 0 radical (unpaired) electrons. The van der Waals surface area contributed by atoms with Gasteiger partial charge in [0.25, 0.3) is 0 Å². The Labute approximate surface area is 89.2 Å². The average Bonchev–Trinajstić information content (AvgIpc) is 2.73. The van der Waals surface area contributed by atoms with Crippen molar-refractivity contribution in [3.8, 4) is 0 Å². The molecule has 1 aromatic rings. The van der Waals surface area contributed by atoms with Crippen molar-refractivity contribution < 1.29 is 9.53 Å². The summed E-state index contributed by atoms with van der Waals surface area (Å²) in [6.07, 6.45) is 2.88. The largest absolute Gasteiger partial charge is 0.381 e. The molecule has 0 bridgehead atoms. The minimum Gasteiger partial charge on any atom is -0.381 e. The number of rotatable bonds is 3. The molecule has 15 heavy (non-hydrogen) atoms. The van der Waals surface area contributed by atoms with Crippen LogP contribution in [0.15, 0.2) is 6.07 Å². The average molecular weight is 208 g/mol. The topological polar surface area (TPSA) is 44.1 Å². The molecule has 4 nitrogen and oxygen atoms in total. The number of hydrogen-bond donors (Lipinski definition) is 0. The van der Waals surface area contributed by atoms with E-state index in [1.54, 1.807) is 0 Å². The van der Waals surface area contributed by atoms with Gasteiger partial charge in [-0.05, 0) is 25.8 Å². The summed E-state index contributed by atoms with van der Waals surface area (Å²) in [6.45, 7) is 4.50. The highest BCUT2D eigenvalue weighted by molar-refractivity contribution is 5.71. The van der Waals surface area contributed by atoms with Gasteiger partial charge in [-0.15, -0.1) is 0 Å². The van der Waals surface area contributed by atoms with Gasteiger partial charge in [0.2, 0.25) is 0 Å². The van der Waals surface area contributed by atoms with Gasteiger partial charge in [-0.25, -0.2) is 0 Å². The Morgan fingerprint density at radius 2 is 2.33 bits per heavy atom. The van der Waals surface area contributed by atoms with E-state index in [-0.39, 0.29) is 0 Å². The predicted molar refractivity (Wildman–Crippen MR) is 56.1 cm³/mol. The number of carbonyl (C=O) groups is 1. The number of aromatic nitrogens is 2. The molecule has 2 rings (SSSR count). The molecule has 0 aliphatic carbocycles. The van der Waals surface area contributed by atoms with Crippen molar-refractivity contribution >= 4 is 6.29 Å². The van der Waals surface area contributed by atoms with Crippen LogP contribution < -0.4 is 0 Å². The van der Waals surface area contributed by atoms with E-state index in [2.05, 4.69) is 5.10 Å². The third kappa shape index (κ3) is 2.09. The van der Waals surface area contributed by atoms with Crippen LogP contribution in [0, 0.1) is 0 Å². The second kappa shape index (κ2) is 4.57. The van der Waals surface area contributed by atoms with E-state index in [4.69, 9.17) is 4.74 Å². The van der Waals surface area contributed by atoms with E-state index in [1.807, 2.05) is 17.7 Å². The molecule has 0 unspecified atom stereocenters. The Morgan fingerprint density at radius 1 is 1.60 bits per heavy atom. The molecular weight excluding hydrogens is 192 g/mol. The molecule has 1 aliphatic rings. The van der Waals surface area contributed by atoms with E-state index in [9.17, 15) is 4.79 Å². The standard InChI is InChI=1S/C11H16N2O2/c1-2-13-11(7-10(8-14)12-13)9-3-5-15-6-4-9/h7-9H,2-6H2,1H3. The lowest BCUT2D eigenvalue weighted by atomic mass is 9.96. The Morgan fingerprint density at radius 3 is 2.93 bits per heavy atom. The second-order valence-corrected chi connectivity index (χ2v) is 3.81. The van der Waals surface area contributed by atoms with Crippen LogP contribution in [0.25, 0.3) is 0 Å². The maximum Gasteiger partial charge on any atom is 0.170 e. The summed E-state index contributed by atoms with van der Waals surface area (Å²) in [5.41, 5.74) is 1.72. The SMILES string of the molecule is CCn1nc(C=O)cc1C1CCOCC1. The lowest BCUT2D eigenvalue weighted by Gasteiger charge is -2.22. The third-order valence-corrected chi connectivity index (χ3v) is 2.89. The normalized spacial score (nSPS) is 17.9. The van der Waals surface area contributed by atoms with Gasteiger partial charge in [0, 0.05) is 31.4 Å². The van der Waals surface area contributed by atoms with Crippen LogP contribution in [0.3, 0.4) is 0 Å². The van der Waals surface area contributed by atoms with E-state index < -0.39 is 0 Å². The molecule has 4 heteroatoms. The van der Waals surface area contributed by atoms with Crippen molar-refractivity contribution in [1.82, 2.24) is 9.78 Å². The summed E-state index contributed by atoms with van der Waals surface area (Å²) < 4.78 is 7.26. The van der Waals surface area contributed by atoms with Crippen LogP contribution in [0.2, 0.25) is 0 Å². The number of carbonyl (C=O) groups excluding carboxylic acids is 1. The van der Waals surface area contributed by atoms with Gasteiger partial charge < -0.3 is 4.74 Å². The van der Waals surface area contributed by atoms with Crippen LogP contribution in [-0.2, 0) is 11.3 Å². The zero-order chi connectivity index (χ0) is 10.7. The first-order valence-corrected chi connectivity index (χ1v) is 5.45. The maximum absolute atomic E-state index is 10.7. The first-order valence-electron chi connectivity index (χ1n) is 5.45. The number of nitrogens with zero attached hydrogens (tertiary/aromatic N) is 2. The van der Waals surface area contributed by atoms with Gasteiger partial charge in [-0.3, -0.25) is 9.48 Å². The molecule has 0 aromatic carbocycles. The minimum atomic E-state index is 0.500. The summed E-state index contributed by atoms with van der Waals surface area (Å²) >= 11 is 0. The number of aryl methyl sites for hydroxylation is 1. The molecule has 0 amide bonds. The van der Waals surface area contributed by atoms with Gasteiger partial charge in [0.05, 0.1) is 0 Å². The molecule has 1 saturated heterocycles. The summed E-state index contributed by atoms with van der Waals surface area (Å²) in [5, 5.41) is 4.23. The monoisotopic (exact) mass is 208 g/mol.